The molecule has 112 valence electrons. The highest BCUT2D eigenvalue weighted by atomic mass is 32.2. The van der Waals surface area contributed by atoms with E-state index in [-0.39, 0.29) is 16.6 Å². The summed E-state index contributed by atoms with van der Waals surface area (Å²) in [5.41, 5.74) is 1.85. The second-order valence-electron chi connectivity index (χ2n) is 5.99. The second-order valence-corrected chi connectivity index (χ2v) is 7.79. The lowest BCUT2D eigenvalue weighted by Crippen LogP contribution is -2.44. The van der Waals surface area contributed by atoms with Gasteiger partial charge in [0.25, 0.3) is 0 Å². The molecule has 2 rings (SSSR count). The van der Waals surface area contributed by atoms with E-state index in [1.54, 1.807) is 6.07 Å². The normalized spacial score (nSPS) is 19.9. The van der Waals surface area contributed by atoms with E-state index in [1.807, 2.05) is 23.9 Å². The lowest BCUT2D eigenvalue weighted by atomic mass is 10.0. The van der Waals surface area contributed by atoms with Gasteiger partial charge in [-0.3, -0.25) is 0 Å². The molecule has 1 aliphatic heterocycles. The zero-order valence-corrected chi connectivity index (χ0v) is 13.7. The summed E-state index contributed by atoms with van der Waals surface area (Å²) in [6.07, 6.45) is 0. The highest BCUT2D eigenvalue weighted by Gasteiger charge is 2.30. The van der Waals surface area contributed by atoms with Crippen molar-refractivity contribution in [2.45, 2.75) is 38.5 Å². The molecule has 0 amide bonds. The number of thioether (sulfide) groups is 1. The number of benzene rings is 1. The highest BCUT2D eigenvalue weighted by Crippen LogP contribution is 2.36. The second kappa shape index (κ2) is 6.35. The minimum absolute atomic E-state index is 0.102. The lowest BCUT2D eigenvalue weighted by Gasteiger charge is -2.40. The number of nitrogens with zero attached hydrogens (tertiary/aromatic N) is 1. The number of hydrogen-bond donors (Lipinski definition) is 1. The van der Waals surface area contributed by atoms with Gasteiger partial charge in [0.15, 0.2) is 0 Å². The Hall–Kier alpha value is -0.740. The first kappa shape index (κ1) is 15.6. The zero-order chi connectivity index (χ0) is 14.8. The van der Waals surface area contributed by atoms with Crippen LogP contribution in [-0.2, 0) is 0 Å². The standard InChI is InChI=1S/C16H25FN2S/c1-5-18-12(2)13-7-6-8-14(17)15(13)19-9-10-20-16(3,4)11-19/h6-8,12,18H,5,9-11H2,1-4H3. The van der Waals surface area contributed by atoms with E-state index in [2.05, 4.69) is 37.9 Å². The number of rotatable bonds is 4. The van der Waals surface area contributed by atoms with E-state index in [9.17, 15) is 4.39 Å². The van der Waals surface area contributed by atoms with Crippen LogP contribution in [0.4, 0.5) is 10.1 Å². The Kier molecular flexibility index (Phi) is 4.97. The van der Waals surface area contributed by atoms with E-state index in [4.69, 9.17) is 0 Å². The van der Waals surface area contributed by atoms with Crippen molar-refractivity contribution in [3.05, 3.63) is 29.6 Å². The quantitative estimate of drug-likeness (QED) is 0.909. The lowest BCUT2D eigenvalue weighted by molar-refractivity contribution is 0.566. The summed E-state index contributed by atoms with van der Waals surface area (Å²) in [6.45, 7) is 11.3. The fourth-order valence-corrected chi connectivity index (χ4v) is 3.95. The van der Waals surface area contributed by atoms with Crippen molar-refractivity contribution in [3.63, 3.8) is 0 Å². The molecule has 1 fully saturated rings. The molecular weight excluding hydrogens is 271 g/mol. The average Bonchev–Trinajstić information content (AvgIpc) is 2.37. The molecule has 1 unspecified atom stereocenters. The third-order valence-electron chi connectivity index (χ3n) is 3.74. The van der Waals surface area contributed by atoms with Gasteiger partial charge in [-0.1, -0.05) is 19.1 Å². The smallest absolute Gasteiger partial charge is 0.146 e. The molecular formula is C16H25FN2S. The highest BCUT2D eigenvalue weighted by molar-refractivity contribution is 8.00. The first-order chi connectivity index (χ1) is 9.44. The first-order valence-electron chi connectivity index (χ1n) is 7.35. The molecule has 1 aromatic rings. The fourth-order valence-electron chi connectivity index (χ4n) is 2.84. The maximum Gasteiger partial charge on any atom is 0.146 e. The van der Waals surface area contributed by atoms with Crippen molar-refractivity contribution in [2.24, 2.45) is 0 Å². The predicted molar refractivity (Wildman–Crippen MR) is 87.2 cm³/mol. The van der Waals surface area contributed by atoms with E-state index >= 15 is 0 Å². The maximum absolute atomic E-state index is 14.4. The number of anilines is 1. The monoisotopic (exact) mass is 296 g/mol. The Balaban J connectivity index is 2.34. The molecule has 0 spiro atoms. The molecule has 1 saturated heterocycles. The predicted octanol–water partition coefficient (Wildman–Crippen LogP) is 3.83. The van der Waals surface area contributed by atoms with E-state index in [0.29, 0.717) is 0 Å². The molecule has 0 aliphatic carbocycles. The summed E-state index contributed by atoms with van der Waals surface area (Å²) in [6, 6.07) is 5.60. The topological polar surface area (TPSA) is 15.3 Å². The molecule has 0 saturated carbocycles. The Morgan fingerprint density at radius 1 is 1.45 bits per heavy atom. The van der Waals surface area contributed by atoms with Gasteiger partial charge in [-0.15, -0.1) is 0 Å². The molecule has 1 aromatic carbocycles. The van der Waals surface area contributed by atoms with Gasteiger partial charge in [-0.25, -0.2) is 4.39 Å². The largest absolute Gasteiger partial charge is 0.367 e. The van der Waals surface area contributed by atoms with Crippen LogP contribution in [0.1, 0.15) is 39.3 Å². The minimum Gasteiger partial charge on any atom is -0.367 e. The van der Waals surface area contributed by atoms with Crippen molar-refractivity contribution < 1.29 is 4.39 Å². The molecule has 0 aromatic heterocycles. The molecule has 4 heteroatoms. The van der Waals surface area contributed by atoms with Crippen LogP contribution >= 0.6 is 11.8 Å². The van der Waals surface area contributed by atoms with Crippen molar-refractivity contribution in [1.82, 2.24) is 5.32 Å². The van der Waals surface area contributed by atoms with E-state index < -0.39 is 0 Å². The SMILES string of the molecule is CCNC(C)c1cccc(F)c1N1CCSC(C)(C)C1. The van der Waals surface area contributed by atoms with Crippen LogP contribution in [0, 0.1) is 5.82 Å². The fraction of sp³-hybridized carbons (Fsp3) is 0.625. The number of nitrogens with one attached hydrogen (secondary N) is 1. The molecule has 1 atom stereocenters. The Labute approximate surface area is 126 Å². The minimum atomic E-state index is -0.102. The summed E-state index contributed by atoms with van der Waals surface area (Å²) in [4.78, 5) is 2.22. The van der Waals surface area contributed by atoms with Gasteiger partial charge in [-0.05, 0) is 38.9 Å². The summed E-state index contributed by atoms with van der Waals surface area (Å²) >= 11 is 1.97. The van der Waals surface area contributed by atoms with Crippen molar-refractivity contribution in [2.75, 3.05) is 30.3 Å². The van der Waals surface area contributed by atoms with Crippen molar-refractivity contribution >= 4 is 17.4 Å². The van der Waals surface area contributed by atoms with Gasteiger partial charge in [0, 0.05) is 29.6 Å². The van der Waals surface area contributed by atoms with Crippen LogP contribution in [0.15, 0.2) is 18.2 Å². The summed E-state index contributed by atoms with van der Waals surface area (Å²) in [7, 11) is 0. The molecule has 20 heavy (non-hydrogen) atoms. The molecule has 1 N–H and O–H groups in total. The number of para-hydroxylation sites is 1. The zero-order valence-electron chi connectivity index (χ0n) is 12.9. The van der Waals surface area contributed by atoms with Crippen molar-refractivity contribution in [3.8, 4) is 0 Å². The molecule has 0 radical (unpaired) electrons. The molecule has 2 nitrogen and oxygen atoms in total. The maximum atomic E-state index is 14.4. The van der Waals surface area contributed by atoms with Crippen LogP contribution in [0.25, 0.3) is 0 Å². The van der Waals surface area contributed by atoms with Gasteiger partial charge < -0.3 is 10.2 Å². The van der Waals surface area contributed by atoms with Crippen molar-refractivity contribution in [1.29, 1.82) is 0 Å². The van der Waals surface area contributed by atoms with Gasteiger partial charge in [-0.2, -0.15) is 11.8 Å². The van der Waals surface area contributed by atoms with Crippen LogP contribution in [0.3, 0.4) is 0 Å². The molecule has 1 heterocycles. The number of hydrogen-bond acceptors (Lipinski definition) is 3. The molecule has 0 bridgehead atoms. The van der Waals surface area contributed by atoms with Crippen LogP contribution < -0.4 is 10.2 Å². The van der Waals surface area contributed by atoms with Crippen LogP contribution in [-0.4, -0.2) is 30.1 Å². The van der Waals surface area contributed by atoms with Gasteiger partial charge in [0.2, 0.25) is 0 Å². The average molecular weight is 296 g/mol. The van der Waals surface area contributed by atoms with Gasteiger partial charge in [0.1, 0.15) is 5.82 Å². The van der Waals surface area contributed by atoms with Crippen LogP contribution in [0.2, 0.25) is 0 Å². The molecule has 1 aliphatic rings. The number of halogens is 1. The van der Waals surface area contributed by atoms with Gasteiger partial charge in [0.05, 0.1) is 5.69 Å². The first-order valence-corrected chi connectivity index (χ1v) is 8.34. The Bertz CT molecular complexity index is 462. The van der Waals surface area contributed by atoms with Gasteiger partial charge >= 0.3 is 0 Å². The Morgan fingerprint density at radius 3 is 2.85 bits per heavy atom. The van der Waals surface area contributed by atoms with E-state index in [1.165, 1.54) is 0 Å². The summed E-state index contributed by atoms with van der Waals surface area (Å²) in [5, 5.41) is 3.39. The Morgan fingerprint density at radius 2 is 2.20 bits per heavy atom. The van der Waals surface area contributed by atoms with E-state index in [0.717, 1.165) is 36.6 Å². The third kappa shape index (κ3) is 3.47. The van der Waals surface area contributed by atoms with Crippen LogP contribution in [0.5, 0.6) is 0 Å². The third-order valence-corrected chi connectivity index (χ3v) is 5.03. The summed E-state index contributed by atoms with van der Waals surface area (Å²) in [5.74, 6) is 0.950. The summed E-state index contributed by atoms with van der Waals surface area (Å²) < 4.78 is 14.6.